The van der Waals surface area contributed by atoms with Gasteiger partial charge in [-0.15, -0.1) is 0 Å². The van der Waals surface area contributed by atoms with Crippen LogP contribution in [-0.4, -0.2) is 5.91 Å². The second-order valence-corrected chi connectivity index (χ2v) is 2.39. The summed E-state index contributed by atoms with van der Waals surface area (Å²) in [5, 5.41) is 2.46. The lowest BCUT2D eigenvalue weighted by Gasteiger charge is -1.92. The third kappa shape index (κ3) is 5.94. The van der Waals surface area contributed by atoms with Crippen LogP contribution in [0.15, 0.2) is 10.3 Å². The van der Waals surface area contributed by atoms with Crippen LogP contribution < -0.4 is 5.32 Å². The molecular weight excluding hydrogens is 205 g/mol. The van der Waals surface area contributed by atoms with Crippen LogP contribution >= 0.6 is 22.6 Å². The van der Waals surface area contributed by atoms with Gasteiger partial charge in [0, 0.05) is 6.92 Å². The van der Waals surface area contributed by atoms with Gasteiger partial charge in [0.1, 0.15) is 0 Å². The number of hydrogen-bond acceptors (Lipinski definition) is 1. The van der Waals surface area contributed by atoms with Crippen LogP contribution in [0.25, 0.3) is 0 Å². The van der Waals surface area contributed by atoms with Crippen molar-refractivity contribution in [1.82, 2.24) is 5.32 Å². The monoisotopic (exact) mass is 211 g/mol. The van der Waals surface area contributed by atoms with Gasteiger partial charge in [-0.1, -0.05) is 6.58 Å². The average molecular weight is 211 g/mol. The Labute approximate surface area is 56.1 Å². The maximum atomic E-state index is 10.1. The Bertz CT molecular complexity index is 87.9. The van der Waals surface area contributed by atoms with Crippen LogP contribution in [0.2, 0.25) is 0 Å². The number of nitrogens with one attached hydrogen (secondary N) is 1. The quantitative estimate of drug-likeness (QED) is 0.509. The zero-order chi connectivity index (χ0) is 5.86. The summed E-state index contributed by atoms with van der Waals surface area (Å²) in [6.07, 6.45) is 0. The highest BCUT2D eigenvalue weighted by atomic mass is 127. The lowest BCUT2D eigenvalue weighted by molar-refractivity contribution is -0.118. The van der Waals surface area contributed by atoms with Gasteiger partial charge >= 0.3 is 0 Å². The van der Waals surface area contributed by atoms with Crippen molar-refractivity contribution >= 4 is 28.5 Å². The third-order valence-electron chi connectivity index (χ3n) is 0.312. The Kier molecular flexibility index (Phi) is 2.98. The van der Waals surface area contributed by atoms with Crippen molar-refractivity contribution in [3.8, 4) is 0 Å². The topological polar surface area (TPSA) is 29.1 Å². The van der Waals surface area contributed by atoms with Gasteiger partial charge < -0.3 is 5.32 Å². The lowest BCUT2D eigenvalue weighted by atomic mass is 10.7. The molecule has 0 atom stereocenters. The van der Waals surface area contributed by atoms with Crippen molar-refractivity contribution in [3.05, 3.63) is 10.3 Å². The van der Waals surface area contributed by atoms with Gasteiger partial charge in [-0.05, 0) is 22.6 Å². The molecule has 3 heteroatoms. The smallest absolute Gasteiger partial charge is 0.221 e. The second-order valence-electron chi connectivity index (χ2n) is 1.09. The van der Waals surface area contributed by atoms with Crippen LogP contribution in [0.1, 0.15) is 6.92 Å². The molecule has 0 aromatic heterocycles. The van der Waals surface area contributed by atoms with E-state index in [2.05, 4.69) is 11.9 Å². The van der Waals surface area contributed by atoms with Gasteiger partial charge in [0.25, 0.3) is 0 Å². The molecule has 0 aliphatic carbocycles. The number of rotatable bonds is 1. The van der Waals surface area contributed by atoms with Gasteiger partial charge in [-0.25, -0.2) is 0 Å². The Morgan fingerprint density at radius 2 is 2.29 bits per heavy atom. The summed E-state index contributed by atoms with van der Waals surface area (Å²) in [5.41, 5.74) is 0. The molecule has 40 valence electrons. The van der Waals surface area contributed by atoms with Crippen LogP contribution in [0.5, 0.6) is 0 Å². The van der Waals surface area contributed by atoms with E-state index >= 15 is 0 Å². The van der Waals surface area contributed by atoms with Gasteiger partial charge in [-0.2, -0.15) is 0 Å². The van der Waals surface area contributed by atoms with Crippen LogP contribution in [-0.2, 0) is 4.79 Å². The first-order valence-electron chi connectivity index (χ1n) is 1.75. The number of halogens is 1. The van der Waals surface area contributed by atoms with Crippen LogP contribution in [0.3, 0.4) is 0 Å². The summed E-state index contributed by atoms with van der Waals surface area (Å²) in [5.74, 6) is -0.0700. The Morgan fingerprint density at radius 1 is 1.86 bits per heavy atom. The third-order valence-corrected chi connectivity index (χ3v) is 0.581. The number of carbonyl (C=O) groups excluding carboxylic acids is 1. The van der Waals surface area contributed by atoms with E-state index in [0.29, 0.717) is 3.70 Å². The fraction of sp³-hybridized carbons (Fsp3) is 0.250. The molecule has 0 heterocycles. The molecule has 1 N–H and O–H groups in total. The number of hydrogen-bond donors (Lipinski definition) is 1. The molecule has 2 nitrogen and oxygen atoms in total. The largest absolute Gasteiger partial charge is 0.322 e. The molecule has 0 radical (unpaired) electrons. The van der Waals surface area contributed by atoms with Gasteiger partial charge in [-0.3, -0.25) is 4.79 Å². The van der Waals surface area contributed by atoms with Crippen molar-refractivity contribution in [2.45, 2.75) is 6.92 Å². The Morgan fingerprint density at radius 3 is 2.29 bits per heavy atom. The molecule has 0 aromatic carbocycles. The van der Waals surface area contributed by atoms with Crippen molar-refractivity contribution in [3.63, 3.8) is 0 Å². The number of amides is 1. The van der Waals surface area contributed by atoms with E-state index in [0.717, 1.165) is 0 Å². The molecule has 0 spiro atoms. The maximum Gasteiger partial charge on any atom is 0.221 e. The molecule has 7 heavy (non-hydrogen) atoms. The van der Waals surface area contributed by atoms with E-state index in [1.54, 1.807) is 0 Å². The zero-order valence-corrected chi connectivity index (χ0v) is 6.15. The minimum absolute atomic E-state index is 0.0700. The van der Waals surface area contributed by atoms with Gasteiger partial charge in [0.2, 0.25) is 5.91 Å². The first-order chi connectivity index (χ1) is 3.13. The molecule has 0 saturated heterocycles. The lowest BCUT2D eigenvalue weighted by Crippen LogP contribution is -2.14. The fourth-order valence-electron chi connectivity index (χ4n) is 0.191. The molecule has 0 aliphatic heterocycles. The summed E-state index contributed by atoms with van der Waals surface area (Å²) in [7, 11) is 0. The van der Waals surface area contributed by atoms with E-state index in [-0.39, 0.29) is 5.91 Å². The highest BCUT2D eigenvalue weighted by Gasteiger charge is 1.86. The standard InChI is InChI=1S/C4H6INO/c1-3(5)6-4(2)7/h1H2,2H3,(H,6,7). The molecule has 0 bridgehead atoms. The van der Waals surface area contributed by atoms with E-state index in [1.807, 2.05) is 22.6 Å². The predicted octanol–water partition coefficient (Wildman–Crippen LogP) is 1.03. The summed E-state index contributed by atoms with van der Waals surface area (Å²) in [6.45, 7) is 4.90. The first-order valence-corrected chi connectivity index (χ1v) is 2.83. The van der Waals surface area contributed by atoms with Crippen molar-refractivity contribution < 1.29 is 4.79 Å². The van der Waals surface area contributed by atoms with Crippen molar-refractivity contribution in [2.24, 2.45) is 0 Å². The van der Waals surface area contributed by atoms with Crippen molar-refractivity contribution in [1.29, 1.82) is 0 Å². The van der Waals surface area contributed by atoms with Crippen LogP contribution in [0, 0.1) is 0 Å². The van der Waals surface area contributed by atoms with E-state index in [4.69, 9.17) is 0 Å². The summed E-state index contributed by atoms with van der Waals surface area (Å²) in [4.78, 5) is 10.1. The minimum atomic E-state index is -0.0700. The SMILES string of the molecule is C=C(I)NC(C)=O. The summed E-state index contributed by atoms with van der Waals surface area (Å²) < 4.78 is 0.658. The highest BCUT2D eigenvalue weighted by molar-refractivity contribution is 14.1. The predicted molar refractivity (Wildman–Crippen MR) is 37.0 cm³/mol. The molecule has 0 unspecified atom stereocenters. The summed E-state index contributed by atoms with van der Waals surface area (Å²) >= 11 is 1.93. The van der Waals surface area contributed by atoms with E-state index in [1.165, 1.54) is 6.92 Å². The first kappa shape index (κ1) is 6.94. The van der Waals surface area contributed by atoms with Gasteiger partial charge in [0.15, 0.2) is 0 Å². The molecule has 0 saturated carbocycles. The molecular formula is C4H6INO. The maximum absolute atomic E-state index is 10.1. The molecule has 1 amide bonds. The van der Waals surface area contributed by atoms with Gasteiger partial charge in [0.05, 0.1) is 3.70 Å². The van der Waals surface area contributed by atoms with Crippen molar-refractivity contribution in [2.75, 3.05) is 0 Å². The zero-order valence-electron chi connectivity index (χ0n) is 3.99. The normalized spacial score (nSPS) is 7.71. The fourth-order valence-corrected chi connectivity index (χ4v) is 0.571. The highest BCUT2D eigenvalue weighted by Crippen LogP contribution is 1.93. The molecule has 0 rings (SSSR count). The molecule has 0 aliphatic rings. The number of carbonyl (C=O) groups is 1. The molecule has 0 fully saturated rings. The minimum Gasteiger partial charge on any atom is -0.322 e. The molecule has 0 aromatic rings. The Balaban J connectivity index is 3.32. The van der Waals surface area contributed by atoms with Crippen LogP contribution in [0.4, 0.5) is 0 Å². The van der Waals surface area contributed by atoms with E-state index < -0.39 is 0 Å². The Hall–Kier alpha value is -0.0600. The second kappa shape index (κ2) is 3.01. The summed E-state index contributed by atoms with van der Waals surface area (Å²) in [6, 6.07) is 0. The van der Waals surface area contributed by atoms with E-state index in [9.17, 15) is 4.79 Å². The average Bonchev–Trinajstić information content (AvgIpc) is 1.27.